The molecule has 1 heterocycles. The second-order valence-electron chi connectivity index (χ2n) is 3.88. The minimum atomic E-state index is -1.06. The standard InChI is InChI=1S/C12H11ClN2O3/c13-8-1-2-9-7(5-14-10(9)4-8)3-11(12(17)18)15-6-16/h1-2,4-6,11,14H,3H2,(H,15,16)(H,17,18)/t11-/m1/s1. The molecule has 0 radical (unpaired) electrons. The Morgan fingerprint density at radius 3 is 3.00 bits per heavy atom. The van der Waals surface area contributed by atoms with Crippen LogP contribution in [0, 0.1) is 0 Å². The average Bonchev–Trinajstić information content (AvgIpc) is 2.71. The lowest BCUT2D eigenvalue weighted by atomic mass is 10.1. The van der Waals surface area contributed by atoms with E-state index >= 15 is 0 Å². The summed E-state index contributed by atoms with van der Waals surface area (Å²) in [5, 5.41) is 12.8. The molecule has 6 heteroatoms. The molecule has 1 aromatic heterocycles. The lowest BCUT2D eigenvalue weighted by Gasteiger charge is -2.10. The number of rotatable bonds is 5. The summed E-state index contributed by atoms with van der Waals surface area (Å²) in [4.78, 5) is 24.3. The highest BCUT2D eigenvalue weighted by Crippen LogP contribution is 2.22. The maximum Gasteiger partial charge on any atom is 0.326 e. The van der Waals surface area contributed by atoms with Crippen LogP contribution in [0.1, 0.15) is 5.56 Å². The van der Waals surface area contributed by atoms with E-state index in [2.05, 4.69) is 10.3 Å². The Hall–Kier alpha value is -2.01. The van der Waals surface area contributed by atoms with Gasteiger partial charge in [0, 0.05) is 28.5 Å². The fourth-order valence-electron chi connectivity index (χ4n) is 1.85. The van der Waals surface area contributed by atoms with Crippen molar-refractivity contribution in [3.63, 3.8) is 0 Å². The number of carbonyl (C=O) groups excluding carboxylic acids is 1. The van der Waals surface area contributed by atoms with Crippen molar-refractivity contribution >= 4 is 34.9 Å². The van der Waals surface area contributed by atoms with Crippen LogP contribution in [-0.4, -0.2) is 28.5 Å². The Balaban J connectivity index is 2.30. The molecule has 0 spiro atoms. The summed E-state index contributed by atoms with van der Waals surface area (Å²) in [5.41, 5.74) is 1.66. The molecule has 0 fully saturated rings. The quantitative estimate of drug-likeness (QED) is 0.719. The van der Waals surface area contributed by atoms with Gasteiger partial charge < -0.3 is 15.4 Å². The van der Waals surface area contributed by atoms with Crippen LogP contribution in [0.25, 0.3) is 10.9 Å². The summed E-state index contributed by atoms with van der Waals surface area (Å²) < 4.78 is 0. The van der Waals surface area contributed by atoms with Gasteiger partial charge in [-0.2, -0.15) is 0 Å². The molecule has 0 saturated heterocycles. The molecule has 0 saturated carbocycles. The zero-order chi connectivity index (χ0) is 13.1. The van der Waals surface area contributed by atoms with E-state index in [0.29, 0.717) is 11.4 Å². The molecule has 0 aliphatic heterocycles. The van der Waals surface area contributed by atoms with Gasteiger partial charge in [0.2, 0.25) is 6.41 Å². The first-order valence-corrected chi connectivity index (χ1v) is 5.67. The van der Waals surface area contributed by atoms with Gasteiger partial charge >= 0.3 is 5.97 Å². The lowest BCUT2D eigenvalue weighted by molar-refractivity contribution is -0.140. The number of benzene rings is 1. The Bertz CT molecular complexity index is 594. The lowest BCUT2D eigenvalue weighted by Crippen LogP contribution is -2.37. The first-order chi connectivity index (χ1) is 8.61. The summed E-state index contributed by atoms with van der Waals surface area (Å²) in [6.45, 7) is 0. The molecule has 5 nitrogen and oxygen atoms in total. The van der Waals surface area contributed by atoms with Crippen molar-refractivity contribution in [2.45, 2.75) is 12.5 Å². The number of carboxylic acids is 1. The number of hydrogen-bond acceptors (Lipinski definition) is 2. The van der Waals surface area contributed by atoms with Crippen molar-refractivity contribution in [2.24, 2.45) is 0 Å². The van der Waals surface area contributed by atoms with Crippen molar-refractivity contribution in [2.75, 3.05) is 0 Å². The molecular formula is C12H11ClN2O3. The molecular weight excluding hydrogens is 256 g/mol. The monoisotopic (exact) mass is 266 g/mol. The molecule has 94 valence electrons. The Morgan fingerprint density at radius 1 is 1.56 bits per heavy atom. The van der Waals surface area contributed by atoms with Crippen LogP contribution in [0.15, 0.2) is 24.4 Å². The number of carboxylic acid groups (broad SMARTS) is 1. The Morgan fingerprint density at radius 2 is 2.33 bits per heavy atom. The van der Waals surface area contributed by atoms with Gasteiger partial charge in [-0.15, -0.1) is 0 Å². The summed E-state index contributed by atoms with van der Waals surface area (Å²) >= 11 is 5.86. The van der Waals surface area contributed by atoms with E-state index < -0.39 is 12.0 Å². The van der Waals surface area contributed by atoms with Crippen LogP contribution < -0.4 is 5.32 Å². The fourth-order valence-corrected chi connectivity index (χ4v) is 2.02. The maximum absolute atomic E-state index is 11.0. The topological polar surface area (TPSA) is 82.2 Å². The van der Waals surface area contributed by atoms with Gasteiger partial charge in [-0.1, -0.05) is 17.7 Å². The normalized spacial score (nSPS) is 12.3. The molecule has 0 aliphatic carbocycles. The average molecular weight is 267 g/mol. The molecule has 3 N–H and O–H groups in total. The Kier molecular flexibility index (Phi) is 3.53. The van der Waals surface area contributed by atoms with Crippen molar-refractivity contribution in [1.29, 1.82) is 0 Å². The molecule has 2 rings (SSSR count). The summed E-state index contributed by atoms with van der Waals surface area (Å²) in [6.07, 6.45) is 2.34. The number of fused-ring (bicyclic) bond motifs is 1. The van der Waals surface area contributed by atoms with Crippen molar-refractivity contribution in [1.82, 2.24) is 10.3 Å². The van der Waals surface area contributed by atoms with Gasteiger partial charge in [0.05, 0.1) is 0 Å². The second-order valence-corrected chi connectivity index (χ2v) is 4.32. The van der Waals surface area contributed by atoms with Crippen molar-refractivity contribution < 1.29 is 14.7 Å². The first kappa shape index (κ1) is 12.4. The molecule has 1 atom stereocenters. The third kappa shape index (κ3) is 2.46. The minimum absolute atomic E-state index is 0.218. The van der Waals surface area contributed by atoms with Gasteiger partial charge in [0.15, 0.2) is 0 Å². The van der Waals surface area contributed by atoms with Gasteiger partial charge in [0.1, 0.15) is 6.04 Å². The number of H-pyrrole nitrogens is 1. The minimum Gasteiger partial charge on any atom is -0.480 e. The van der Waals surface area contributed by atoms with E-state index in [1.54, 1.807) is 18.3 Å². The molecule has 1 amide bonds. The van der Waals surface area contributed by atoms with Crippen LogP contribution in [0.4, 0.5) is 0 Å². The molecule has 2 aromatic rings. The predicted molar refractivity (Wildman–Crippen MR) is 67.6 cm³/mol. The highest BCUT2D eigenvalue weighted by Gasteiger charge is 2.18. The second kappa shape index (κ2) is 5.10. The highest BCUT2D eigenvalue weighted by molar-refractivity contribution is 6.31. The number of nitrogens with one attached hydrogen (secondary N) is 2. The van der Waals surface area contributed by atoms with E-state index in [1.165, 1.54) is 0 Å². The van der Waals surface area contributed by atoms with E-state index in [4.69, 9.17) is 16.7 Å². The van der Waals surface area contributed by atoms with Crippen LogP contribution >= 0.6 is 11.6 Å². The highest BCUT2D eigenvalue weighted by atomic mass is 35.5. The van der Waals surface area contributed by atoms with E-state index in [9.17, 15) is 9.59 Å². The number of aromatic amines is 1. The first-order valence-electron chi connectivity index (χ1n) is 5.30. The molecule has 1 aromatic carbocycles. The van der Waals surface area contributed by atoms with Gasteiger partial charge in [-0.25, -0.2) is 4.79 Å². The Labute approximate surface area is 108 Å². The van der Waals surface area contributed by atoms with E-state index in [1.807, 2.05) is 6.07 Å². The SMILES string of the molecule is O=CN[C@H](Cc1c[nH]c2cc(Cl)ccc12)C(=O)O. The zero-order valence-electron chi connectivity index (χ0n) is 9.31. The number of aliphatic carboxylic acids is 1. The van der Waals surface area contributed by atoms with Gasteiger partial charge in [-0.05, 0) is 17.7 Å². The molecule has 18 heavy (non-hydrogen) atoms. The molecule has 0 bridgehead atoms. The molecule has 0 aliphatic rings. The number of carbonyl (C=O) groups is 2. The number of amides is 1. The number of hydrogen-bond donors (Lipinski definition) is 3. The summed E-state index contributed by atoms with van der Waals surface area (Å²) in [7, 11) is 0. The fraction of sp³-hybridized carbons (Fsp3) is 0.167. The van der Waals surface area contributed by atoms with Crippen molar-refractivity contribution in [3.8, 4) is 0 Å². The van der Waals surface area contributed by atoms with Crippen LogP contribution in [0.5, 0.6) is 0 Å². The van der Waals surface area contributed by atoms with Crippen LogP contribution in [0.3, 0.4) is 0 Å². The maximum atomic E-state index is 11.0. The van der Waals surface area contributed by atoms with Crippen molar-refractivity contribution in [3.05, 3.63) is 35.0 Å². The number of halogens is 1. The van der Waals surface area contributed by atoms with Crippen LogP contribution in [-0.2, 0) is 16.0 Å². The number of aromatic nitrogens is 1. The molecule has 0 unspecified atom stereocenters. The van der Waals surface area contributed by atoms with Crippen LogP contribution in [0.2, 0.25) is 5.02 Å². The predicted octanol–water partition coefficient (Wildman–Crippen LogP) is 1.56. The summed E-state index contributed by atoms with van der Waals surface area (Å²) in [6, 6.07) is 4.40. The summed E-state index contributed by atoms with van der Waals surface area (Å²) in [5.74, 6) is -1.06. The van der Waals surface area contributed by atoms with Gasteiger partial charge in [0.25, 0.3) is 0 Å². The largest absolute Gasteiger partial charge is 0.480 e. The third-order valence-electron chi connectivity index (χ3n) is 2.72. The zero-order valence-corrected chi connectivity index (χ0v) is 10.1. The smallest absolute Gasteiger partial charge is 0.326 e. The third-order valence-corrected chi connectivity index (χ3v) is 2.96. The van der Waals surface area contributed by atoms with E-state index in [-0.39, 0.29) is 6.42 Å². The van der Waals surface area contributed by atoms with E-state index in [0.717, 1.165) is 16.5 Å². The van der Waals surface area contributed by atoms with Gasteiger partial charge in [-0.3, -0.25) is 4.79 Å².